The van der Waals surface area contributed by atoms with Crippen LogP contribution in [-0.2, 0) is 0 Å². The van der Waals surface area contributed by atoms with E-state index in [2.05, 4.69) is 19.1 Å². The monoisotopic (exact) mass is 184 g/mol. The minimum absolute atomic E-state index is 0.374. The van der Waals surface area contributed by atoms with Crippen LogP contribution in [0.5, 0.6) is 0 Å². The van der Waals surface area contributed by atoms with Crippen molar-refractivity contribution in [3.05, 3.63) is 12.2 Å². The largest absolute Gasteiger partial charge is 0.330 e. The summed E-state index contributed by atoms with van der Waals surface area (Å²) in [5.74, 6) is 0. The highest BCUT2D eigenvalue weighted by Gasteiger charge is 1.94. The van der Waals surface area contributed by atoms with Crippen molar-refractivity contribution in [1.82, 2.24) is 0 Å². The smallest absolute Gasteiger partial charge is 0.00366 e. The lowest BCUT2D eigenvalue weighted by Crippen LogP contribution is -2.19. The molecule has 78 valence electrons. The third-order valence-electron chi connectivity index (χ3n) is 2.21. The summed E-state index contributed by atoms with van der Waals surface area (Å²) in [6, 6.07) is 0.374. The summed E-state index contributed by atoms with van der Waals surface area (Å²) >= 11 is 0. The van der Waals surface area contributed by atoms with Gasteiger partial charge in [-0.25, -0.2) is 0 Å². The first kappa shape index (κ1) is 12.7. The van der Waals surface area contributed by atoms with E-state index in [4.69, 9.17) is 11.5 Å². The van der Waals surface area contributed by atoms with Gasteiger partial charge in [-0.1, -0.05) is 19.1 Å². The topological polar surface area (TPSA) is 52.0 Å². The maximum absolute atomic E-state index is 5.60. The van der Waals surface area contributed by atoms with Gasteiger partial charge in [0.05, 0.1) is 0 Å². The molecule has 0 heterocycles. The molecule has 0 aromatic carbocycles. The standard InChI is InChI=1S/C6H16N2.C5H8/c1-2-6(8)4-3-5-7;1-2-4-5-3-1/h6H,2-5,7-8H2,1H3;1-2H,3-5H2. The Bertz CT molecular complexity index is 115. The maximum atomic E-state index is 5.60. The quantitative estimate of drug-likeness (QED) is 0.658. The lowest BCUT2D eigenvalue weighted by atomic mass is 10.1. The molecule has 1 aliphatic carbocycles. The molecule has 0 aromatic rings. The average molecular weight is 184 g/mol. The lowest BCUT2D eigenvalue weighted by molar-refractivity contribution is 0.573. The van der Waals surface area contributed by atoms with Crippen LogP contribution < -0.4 is 11.5 Å². The van der Waals surface area contributed by atoms with E-state index in [1.165, 1.54) is 19.3 Å². The molecule has 0 saturated carbocycles. The molecule has 0 radical (unpaired) electrons. The van der Waals surface area contributed by atoms with Gasteiger partial charge in [0.15, 0.2) is 0 Å². The van der Waals surface area contributed by atoms with Crippen molar-refractivity contribution >= 4 is 0 Å². The summed E-state index contributed by atoms with van der Waals surface area (Å²) in [7, 11) is 0. The van der Waals surface area contributed by atoms with Crippen LogP contribution >= 0.6 is 0 Å². The molecule has 0 saturated heterocycles. The fourth-order valence-corrected chi connectivity index (χ4v) is 1.17. The SMILES string of the molecule is C1=CCCC1.CCC(N)CCCN. The number of hydrogen-bond donors (Lipinski definition) is 2. The minimum Gasteiger partial charge on any atom is -0.330 e. The summed E-state index contributed by atoms with van der Waals surface area (Å²) in [6.45, 7) is 2.87. The van der Waals surface area contributed by atoms with Crippen LogP contribution in [-0.4, -0.2) is 12.6 Å². The maximum Gasteiger partial charge on any atom is 0.00366 e. The Kier molecular flexibility index (Phi) is 9.49. The first-order chi connectivity index (χ1) is 6.31. The van der Waals surface area contributed by atoms with E-state index >= 15 is 0 Å². The van der Waals surface area contributed by atoms with Gasteiger partial charge in [0, 0.05) is 6.04 Å². The first-order valence-corrected chi connectivity index (χ1v) is 5.42. The van der Waals surface area contributed by atoms with Crippen LogP contribution in [0.4, 0.5) is 0 Å². The van der Waals surface area contributed by atoms with Gasteiger partial charge in [-0.3, -0.25) is 0 Å². The molecule has 1 aliphatic rings. The van der Waals surface area contributed by atoms with E-state index in [9.17, 15) is 0 Å². The molecule has 13 heavy (non-hydrogen) atoms. The van der Waals surface area contributed by atoms with E-state index in [1.54, 1.807) is 0 Å². The molecule has 1 unspecified atom stereocenters. The number of nitrogens with two attached hydrogens (primary N) is 2. The Balaban J connectivity index is 0.000000243. The summed E-state index contributed by atoms with van der Waals surface area (Å²) in [6.07, 6.45) is 11.7. The highest BCUT2D eigenvalue weighted by Crippen LogP contribution is 2.05. The van der Waals surface area contributed by atoms with Gasteiger partial charge < -0.3 is 11.5 Å². The van der Waals surface area contributed by atoms with Gasteiger partial charge in [0.2, 0.25) is 0 Å². The van der Waals surface area contributed by atoms with Crippen LogP contribution in [0.1, 0.15) is 45.4 Å². The molecule has 0 aromatic heterocycles. The average Bonchev–Trinajstić information content (AvgIpc) is 2.72. The number of rotatable bonds is 4. The molecule has 0 fully saturated rings. The summed E-state index contributed by atoms with van der Waals surface area (Å²) < 4.78 is 0. The molecule has 0 spiro atoms. The van der Waals surface area contributed by atoms with E-state index in [1.807, 2.05) is 0 Å². The predicted molar refractivity (Wildman–Crippen MR) is 59.5 cm³/mol. The zero-order valence-electron chi connectivity index (χ0n) is 8.84. The van der Waals surface area contributed by atoms with Crippen LogP contribution in [0.2, 0.25) is 0 Å². The fourth-order valence-electron chi connectivity index (χ4n) is 1.17. The molecule has 0 amide bonds. The Morgan fingerprint density at radius 2 is 1.92 bits per heavy atom. The van der Waals surface area contributed by atoms with Gasteiger partial charge in [0.1, 0.15) is 0 Å². The van der Waals surface area contributed by atoms with Crippen molar-refractivity contribution in [3.63, 3.8) is 0 Å². The fraction of sp³-hybridized carbons (Fsp3) is 0.818. The molecular formula is C11H24N2. The Hall–Kier alpha value is -0.340. The second kappa shape index (κ2) is 9.75. The third-order valence-corrected chi connectivity index (χ3v) is 2.21. The highest BCUT2D eigenvalue weighted by molar-refractivity contribution is 4.88. The molecule has 1 rings (SSSR count). The molecule has 0 aliphatic heterocycles. The highest BCUT2D eigenvalue weighted by atomic mass is 14.6. The zero-order valence-corrected chi connectivity index (χ0v) is 8.84. The van der Waals surface area contributed by atoms with E-state index in [0.29, 0.717) is 6.04 Å². The Morgan fingerprint density at radius 1 is 1.31 bits per heavy atom. The second-order valence-corrected chi connectivity index (χ2v) is 3.50. The number of hydrogen-bond acceptors (Lipinski definition) is 2. The number of allylic oxidation sites excluding steroid dienone is 2. The lowest BCUT2D eigenvalue weighted by Gasteiger charge is -2.04. The van der Waals surface area contributed by atoms with E-state index in [0.717, 1.165) is 25.8 Å². The summed E-state index contributed by atoms with van der Waals surface area (Å²) in [4.78, 5) is 0. The first-order valence-electron chi connectivity index (χ1n) is 5.42. The van der Waals surface area contributed by atoms with Crippen LogP contribution in [0, 0.1) is 0 Å². The van der Waals surface area contributed by atoms with Crippen LogP contribution in [0.3, 0.4) is 0 Å². The van der Waals surface area contributed by atoms with Crippen LogP contribution in [0.15, 0.2) is 12.2 Å². The summed E-state index contributed by atoms with van der Waals surface area (Å²) in [5, 5.41) is 0. The van der Waals surface area contributed by atoms with Gasteiger partial charge in [-0.05, 0) is 45.1 Å². The van der Waals surface area contributed by atoms with Crippen molar-refractivity contribution in [2.24, 2.45) is 11.5 Å². The predicted octanol–water partition coefficient (Wildman–Crippen LogP) is 2.19. The van der Waals surface area contributed by atoms with Crippen molar-refractivity contribution < 1.29 is 0 Å². The molecule has 0 bridgehead atoms. The Labute approximate surface area is 82.4 Å². The Morgan fingerprint density at radius 3 is 2.23 bits per heavy atom. The van der Waals surface area contributed by atoms with Crippen molar-refractivity contribution in [2.75, 3.05) is 6.54 Å². The molecule has 1 atom stereocenters. The molecule has 2 nitrogen and oxygen atoms in total. The van der Waals surface area contributed by atoms with Crippen molar-refractivity contribution in [3.8, 4) is 0 Å². The zero-order chi connectivity index (χ0) is 9.94. The van der Waals surface area contributed by atoms with E-state index < -0.39 is 0 Å². The molecule has 4 N–H and O–H groups in total. The minimum atomic E-state index is 0.374. The van der Waals surface area contributed by atoms with Gasteiger partial charge >= 0.3 is 0 Å². The van der Waals surface area contributed by atoms with E-state index in [-0.39, 0.29) is 0 Å². The third kappa shape index (κ3) is 9.57. The van der Waals surface area contributed by atoms with Crippen LogP contribution in [0.25, 0.3) is 0 Å². The summed E-state index contributed by atoms with van der Waals surface area (Å²) in [5.41, 5.74) is 10.9. The van der Waals surface area contributed by atoms with Gasteiger partial charge in [0.25, 0.3) is 0 Å². The van der Waals surface area contributed by atoms with Gasteiger partial charge in [-0.15, -0.1) is 0 Å². The second-order valence-electron chi connectivity index (χ2n) is 3.50. The molecular weight excluding hydrogens is 160 g/mol. The van der Waals surface area contributed by atoms with Crippen molar-refractivity contribution in [1.29, 1.82) is 0 Å². The molecule has 2 heteroatoms. The van der Waals surface area contributed by atoms with Gasteiger partial charge in [-0.2, -0.15) is 0 Å². The van der Waals surface area contributed by atoms with Crippen molar-refractivity contribution in [2.45, 2.75) is 51.5 Å². The normalized spacial score (nSPS) is 16.5.